The third-order valence-electron chi connectivity index (χ3n) is 2.75. The third-order valence-corrected chi connectivity index (χ3v) is 4.52. The second-order valence-corrected chi connectivity index (χ2v) is 5.91. The lowest BCUT2D eigenvalue weighted by Gasteiger charge is -2.26. The molecule has 0 aromatic heterocycles. The van der Waals surface area contributed by atoms with Crippen molar-refractivity contribution < 1.29 is 18.4 Å². The molecule has 2 aliphatic rings. The molecule has 0 bridgehead atoms. The van der Waals surface area contributed by atoms with Crippen LogP contribution in [0.25, 0.3) is 0 Å². The maximum Gasteiger partial charge on any atom is 0.236 e. The highest BCUT2D eigenvalue weighted by Crippen LogP contribution is 2.29. The monoisotopic (exact) mass is 221 g/mol. The summed E-state index contributed by atoms with van der Waals surface area (Å²) in [4.78, 5) is 4.89. The van der Waals surface area contributed by atoms with E-state index in [-0.39, 0.29) is 18.9 Å². The van der Waals surface area contributed by atoms with Gasteiger partial charge in [0.25, 0.3) is 0 Å². The Morgan fingerprint density at radius 2 is 2.14 bits per heavy atom. The number of hydrogen-bond donors (Lipinski definition) is 1. The molecule has 1 aliphatic heterocycles. The zero-order chi connectivity index (χ0) is 10.2. The van der Waals surface area contributed by atoms with E-state index in [4.69, 9.17) is 9.94 Å². The molecule has 5 nitrogen and oxygen atoms in total. The molecule has 1 saturated heterocycles. The van der Waals surface area contributed by atoms with Gasteiger partial charge in [0.1, 0.15) is 0 Å². The fourth-order valence-electron chi connectivity index (χ4n) is 1.68. The Labute approximate surface area is 83.7 Å². The summed E-state index contributed by atoms with van der Waals surface area (Å²) in [6.07, 6.45) is 2.45. The number of hydrogen-bond acceptors (Lipinski definition) is 4. The molecular formula is C8H15NO4S. The molecule has 0 spiro atoms. The lowest BCUT2D eigenvalue weighted by Crippen LogP contribution is -2.35. The Balaban J connectivity index is 1.93. The molecule has 2 fully saturated rings. The van der Waals surface area contributed by atoms with Gasteiger partial charge < -0.3 is 5.11 Å². The average molecular weight is 221 g/mol. The van der Waals surface area contributed by atoms with Crippen molar-refractivity contribution in [3.05, 3.63) is 0 Å². The van der Waals surface area contributed by atoms with Crippen LogP contribution in [-0.2, 0) is 14.9 Å². The predicted molar refractivity (Wildman–Crippen MR) is 49.8 cm³/mol. The normalized spacial score (nSPS) is 30.5. The smallest absolute Gasteiger partial charge is 0.236 e. The van der Waals surface area contributed by atoms with E-state index < -0.39 is 16.1 Å². The molecule has 2 rings (SSSR count). The fraction of sp³-hybridized carbons (Fsp3) is 1.00. The van der Waals surface area contributed by atoms with Crippen LogP contribution in [0.1, 0.15) is 19.3 Å². The largest absolute Gasteiger partial charge is 0.389 e. The number of rotatable bonds is 3. The maximum atomic E-state index is 11.7. The minimum Gasteiger partial charge on any atom is -0.389 e. The van der Waals surface area contributed by atoms with Crippen LogP contribution >= 0.6 is 0 Å². The zero-order valence-electron chi connectivity index (χ0n) is 7.92. The number of β-amino-alcohol motifs (C(OH)–C–C–N with tert-alkyl or cyclic N) is 1. The summed E-state index contributed by atoms with van der Waals surface area (Å²) in [5.74, 6) is 0.459. The van der Waals surface area contributed by atoms with Crippen molar-refractivity contribution >= 4 is 10.0 Å². The van der Waals surface area contributed by atoms with Crippen molar-refractivity contribution in [2.45, 2.75) is 25.4 Å². The Hall–Kier alpha value is -0.170. The van der Waals surface area contributed by atoms with Crippen LogP contribution in [0.4, 0.5) is 0 Å². The summed E-state index contributed by atoms with van der Waals surface area (Å²) in [6, 6.07) is 0. The second-order valence-electron chi connectivity index (χ2n) is 4.01. The van der Waals surface area contributed by atoms with Crippen molar-refractivity contribution in [3.8, 4) is 0 Å². The topological polar surface area (TPSA) is 66.8 Å². The number of aliphatic hydroxyl groups excluding tert-OH is 1. The molecule has 0 aromatic rings. The average Bonchev–Trinajstić information content (AvgIpc) is 2.45. The van der Waals surface area contributed by atoms with Crippen LogP contribution < -0.4 is 0 Å². The Bertz CT molecular complexity index is 298. The van der Waals surface area contributed by atoms with Crippen molar-refractivity contribution in [1.29, 1.82) is 0 Å². The first-order valence-electron chi connectivity index (χ1n) is 4.89. The van der Waals surface area contributed by atoms with Crippen LogP contribution in [0.3, 0.4) is 0 Å². The third kappa shape index (κ3) is 2.08. The summed E-state index contributed by atoms with van der Waals surface area (Å²) in [6.45, 7) is 0.166. The van der Waals surface area contributed by atoms with Gasteiger partial charge in [-0.3, -0.25) is 4.84 Å². The van der Waals surface area contributed by atoms with Gasteiger partial charge in [0.2, 0.25) is 10.0 Å². The van der Waals surface area contributed by atoms with Gasteiger partial charge in [-0.25, -0.2) is 8.42 Å². The Kier molecular flexibility index (Phi) is 2.79. The molecule has 82 valence electrons. The van der Waals surface area contributed by atoms with E-state index in [1.54, 1.807) is 0 Å². The van der Waals surface area contributed by atoms with Crippen LogP contribution in [0.15, 0.2) is 0 Å². The Morgan fingerprint density at radius 3 is 2.57 bits per heavy atom. The minimum atomic E-state index is -3.30. The summed E-state index contributed by atoms with van der Waals surface area (Å²) in [5.41, 5.74) is 0. The fourth-order valence-corrected chi connectivity index (χ4v) is 3.40. The van der Waals surface area contributed by atoms with E-state index >= 15 is 0 Å². The van der Waals surface area contributed by atoms with Crippen molar-refractivity contribution in [3.63, 3.8) is 0 Å². The SMILES string of the molecule is O=S(=O)(CC1CCC1)N1C[C@@H](O)CO1. The molecule has 1 atom stereocenters. The first-order chi connectivity index (χ1) is 6.58. The summed E-state index contributed by atoms with van der Waals surface area (Å²) < 4.78 is 24.3. The van der Waals surface area contributed by atoms with Crippen LogP contribution in [0.2, 0.25) is 0 Å². The molecule has 1 aliphatic carbocycles. The zero-order valence-corrected chi connectivity index (χ0v) is 8.74. The van der Waals surface area contributed by atoms with Crippen molar-refractivity contribution in [1.82, 2.24) is 4.47 Å². The molecule has 0 aromatic carbocycles. The van der Waals surface area contributed by atoms with E-state index in [9.17, 15) is 8.42 Å². The highest BCUT2D eigenvalue weighted by molar-refractivity contribution is 7.88. The van der Waals surface area contributed by atoms with E-state index in [1.165, 1.54) is 0 Å². The quantitative estimate of drug-likeness (QED) is 0.712. The molecule has 1 heterocycles. The van der Waals surface area contributed by atoms with Gasteiger partial charge in [-0.05, 0) is 18.8 Å². The second kappa shape index (κ2) is 3.77. The highest BCUT2D eigenvalue weighted by Gasteiger charge is 2.34. The Morgan fingerprint density at radius 1 is 1.43 bits per heavy atom. The lowest BCUT2D eigenvalue weighted by atomic mass is 9.87. The molecule has 0 radical (unpaired) electrons. The highest BCUT2D eigenvalue weighted by atomic mass is 32.2. The van der Waals surface area contributed by atoms with Gasteiger partial charge in [-0.1, -0.05) is 10.9 Å². The molecular weight excluding hydrogens is 206 g/mol. The standard InChI is InChI=1S/C8H15NO4S/c10-8-4-9(13-5-8)14(11,12)6-7-2-1-3-7/h7-8,10H,1-6H2/t8-/m1/s1. The van der Waals surface area contributed by atoms with Gasteiger partial charge in [0.15, 0.2) is 0 Å². The summed E-state index contributed by atoms with van der Waals surface area (Å²) >= 11 is 0. The number of aliphatic hydroxyl groups is 1. The number of hydroxylamine groups is 1. The predicted octanol–water partition coefficient (Wildman–Crippen LogP) is -0.276. The van der Waals surface area contributed by atoms with Gasteiger partial charge in [0.05, 0.1) is 25.0 Å². The molecule has 6 heteroatoms. The summed E-state index contributed by atoms with van der Waals surface area (Å²) in [5, 5.41) is 9.14. The van der Waals surface area contributed by atoms with Gasteiger partial charge in [0, 0.05) is 0 Å². The van der Waals surface area contributed by atoms with Crippen molar-refractivity contribution in [2.24, 2.45) is 5.92 Å². The lowest BCUT2D eigenvalue weighted by molar-refractivity contribution is -0.0321. The summed E-state index contributed by atoms with van der Waals surface area (Å²) in [7, 11) is -3.30. The molecule has 1 N–H and O–H groups in total. The maximum absolute atomic E-state index is 11.7. The van der Waals surface area contributed by atoms with E-state index in [0.717, 1.165) is 23.7 Å². The van der Waals surface area contributed by atoms with Crippen LogP contribution in [0, 0.1) is 5.92 Å². The molecule has 0 unspecified atom stereocenters. The van der Waals surface area contributed by atoms with Crippen molar-refractivity contribution in [2.75, 3.05) is 18.9 Å². The van der Waals surface area contributed by atoms with Crippen LogP contribution in [-0.4, -0.2) is 43.0 Å². The van der Waals surface area contributed by atoms with Gasteiger partial charge >= 0.3 is 0 Å². The van der Waals surface area contributed by atoms with E-state index in [0.29, 0.717) is 5.92 Å². The van der Waals surface area contributed by atoms with E-state index in [2.05, 4.69) is 0 Å². The van der Waals surface area contributed by atoms with Gasteiger partial charge in [-0.15, -0.1) is 0 Å². The van der Waals surface area contributed by atoms with Crippen LogP contribution in [0.5, 0.6) is 0 Å². The number of nitrogens with zero attached hydrogens (tertiary/aromatic N) is 1. The first kappa shape index (κ1) is 10.4. The van der Waals surface area contributed by atoms with E-state index in [1.807, 2.05) is 0 Å². The molecule has 14 heavy (non-hydrogen) atoms. The number of sulfonamides is 1. The first-order valence-corrected chi connectivity index (χ1v) is 6.50. The minimum absolute atomic E-state index is 0.0784. The molecule has 0 amide bonds. The molecule has 1 saturated carbocycles. The van der Waals surface area contributed by atoms with Gasteiger partial charge in [-0.2, -0.15) is 0 Å².